The molecule has 1 saturated heterocycles. The van der Waals surface area contributed by atoms with Crippen molar-refractivity contribution in [2.75, 3.05) is 13.1 Å². The Bertz CT molecular complexity index is 321. The minimum Gasteiger partial charge on any atom is -0.507 e. The lowest BCUT2D eigenvalue weighted by Gasteiger charge is -2.24. The molecule has 1 unspecified atom stereocenters. The molecular weight excluding hydrogens is 289 g/mol. The predicted octanol–water partition coefficient (Wildman–Crippen LogP) is 2.46. The molecule has 0 saturated carbocycles. The fourth-order valence-corrected chi connectivity index (χ4v) is 2.50. The fraction of sp³-hybridized carbons (Fsp3) is 0.455. The van der Waals surface area contributed by atoms with Crippen molar-refractivity contribution in [2.45, 2.75) is 18.8 Å². The summed E-state index contributed by atoms with van der Waals surface area (Å²) < 4.78 is 0.950. The maximum Gasteiger partial charge on any atom is 0.132 e. The normalized spacial score (nSPS) is 22.2. The van der Waals surface area contributed by atoms with Gasteiger partial charge in [-0.1, -0.05) is 12.1 Å². The molecule has 0 spiro atoms. The molecule has 76 valence electrons. The lowest BCUT2D eigenvalue weighted by Crippen LogP contribution is -2.28. The number of aromatic hydroxyl groups is 1. The Kier molecular flexibility index (Phi) is 3.28. The molecule has 1 aromatic rings. The van der Waals surface area contributed by atoms with E-state index in [1.54, 1.807) is 0 Å². The highest BCUT2D eigenvalue weighted by Crippen LogP contribution is 2.33. The zero-order chi connectivity index (χ0) is 9.97. The third kappa shape index (κ3) is 2.03. The lowest BCUT2D eigenvalue weighted by atomic mass is 9.91. The molecule has 14 heavy (non-hydrogen) atoms. The quantitative estimate of drug-likeness (QED) is 0.781. The Balaban J connectivity index is 2.26. The number of piperidine rings is 1. The zero-order valence-electron chi connectivity index (χ0n) is 7.96. The predicted molar refractivity (Wildman–Crippen MR) is 65.7 cm³/mol. The Morgan fingerprint density at radius 3 is 3.00 bits per heavy atom. The van der Waals surface area contributed by atoms with Crippen LogP contribution < -0.4 is 5.32 Å². The van der Waals surface area contributed by atoms with E-state index in [2.05, 4.69) is 27.9 Å². The highest BCUT2D eigenvalue weighted by molar-refractivity contribution is 14.1. The summed E-state index contributed by atoms with van der Waals surface area (Å²) in [5, 5.41) is 13.3. The minimum absolute atomic E-state index is 0.474. The summed E-state index contributed by atoms with van der Waals surface area (Å²) in [5.41, 5.74) is 1.10. The lowest BCUT2D eigenvalue weighted by molar-refractivity contribution is 0.423. The second kappa shape index (κ2) is 4.49. The van der Waals surface area contributed by atoms with Crippen LogP contribution in [0.4, 0.5) is 0 Å². The maximum absolute atomic E-state index is 9.91. The molecule has 1 atom stereocenters. The van der Waals surface area contributed by atoms with Crippen molar-refractivity contribution in [1.29, 1.82) is 0 Å². The Morgan fingerprint density at radius 2 is 2.29 bits per heavy atom. The van der Waals surface area contributed by atoms with Crippen LogP contribution in [0.5, 0.6) is 5.75 Å². The molecule has 2 nitrogen and oxygen atoms in total. The Morgan fingerprint density at radius 1 is 1.43 bits per heavy atom. The van der Waals surface area contributed by atoms with E-state index in [1.807, 2.05) is 18.2 Å². The van der Waals surface area contributed by atoms with Crippen LogP contribution in [0.15, 0.2) is 18.2 Å². The van der Waals surface area contributed by atoms with Crippen molar-refractivity contribution in [2.24, 2.45) is 0 Å². The van der Waals surface area contributed by atoms with E-state index in [-0.39, 0.29) is 0 Å². The van der Waals surface area contributed by atoms with E-state index in [1.165, 1.54) is 12.8 Å². The number of phenols is 1. The van der Waals surface area contributed by atoms with E-state index in [9.17, 15) is 5.11 Å². The van der Waals surface area contributed by atoms with Gasteiger partial charge in [0.15, 0.2) is 0 Å². The standard InChI is InChI=1S/C11H14INO/c12-10-5-1-4-9(11(10)14)8-3-2-6-13-7-8/h1,4-5,8,13-14H,2-3,6-7H2. The third-order valence-electron chi connectivity index (χ3n) is 2.75. The number of rotatable bonds is 1. The molecule has 0 bridgehead atoms. The summed E-state index contributed by atoms with van der Waals surface area (Å²) in [7, 11) is 0. The van der Waals surface area contributed by atoms with Crippen molar-refractivity contribution in [3.05, 3.63) is 27.3 Å². The summed E-state index contributed by atoms with van der Waals surface area (Å²) in [5.74, 6) is 0.959. The average Bonchev–Trinajstić information content (AvgIpc) is 2.23. The highest BCUT2D eigenvalue weighted by Gasteiger charge is 2.18. The second-order valence-corrected chi connectivity index (χ2v) is 4.88. The Labute approximate surface area is 97.9 Å². The molecule has 2 rings (SSSR count). The van der Waals surface area contributed by atoms with Crippen molar-refractivity contribution < 1.29 is 5.11 Å². The number of nitrogens with one attached hydrogen (secondary N) is 1. The maximum atomic E-state index is 9.91. The number of hydrogen-bond donors (Lipinski definition) is 2. The van der Waals surface area contributed by atoms with Crippen LogP contribution in [0.2, 0.25) is 0 Å². The van der Waals surface area contributed by atoms with E-state index in [0.717, 1.165) is 22.2 Å². The SMILES string of the molecule is Oc1c(I)cccc1C1CCCNC1. The van der Waals surface area contributed by atoms with Gasteiger partial charge in [-0.3, -0.25) is 0 Å². The summed E-state index contributed by atoms with van der Waals surface area (Å²) in [6.07, 6.45) is 2.39. The molecular formula is C11H14INO. The number of hydrogen-bond acceptors (Lipinski definition) is 2. The molecule has 1 aliphatic heterocycles. The number of halogens is 1. The van der Waals surface area contributed by atoms with Gasteiger partial charge in [0.25, 0.3) is 0 Å². The number of phenolic OH excluding ortho intramolecular Hbond substituents is 1. The molecule has 1 aliphatic rings. The zero-order valence-corrected chi connectivity index (χ0v) is 10.1. The molecule has 3 heteroatoms. The summed E-state index contributed by atoms with van der Waals surface area (Å²) >= 11 is 2.18. The van der Waals surface area contributed by atoms with Crippen LogP contribution in [0.25, 0.3) is 0 Å². The van der Waals surface area contributed by atoms with E-state index >= 15 is 0 Å². The van der Waals surface area contributed by atoms with Gasteiger partial charge in [0.2, 0.25) is 0 Å². The van der Waals surface area contributed by atoms with Crippen LogP contribution in [0.1, 0.15) is 24.3 Å². The number of benzene rings is 1. The van der Waals surface area contributed by atoms with Crippen LogP contribution in [0, 0.1) is 3.57 Å². The summed E-state index contributed by atoms with van der Waals surface area (Å²) in [6, 6.07) is 6.00. The summed E-state index contributed by atoms with van der Waals surface area (Å²) in [6.45, 7) is 2.11. The first-order valence-electron chi connectivity index (χ1n) is 4.97. The monoisotopic (exact) mass is 303 g/mol. The topological polar surface area (TPSA) is 32.3 Å². The van der Waals surface area contributed by atoms with Gasteiger partial charge in [-0.25, -0.2) is 0 Å². The van der Waals surface area contributed by atoms with Crippen molar-refractivity contribution in [3.63, 3.8) is 0 Å². The van der Waals surface area contributed by atoms with Crippen LogP contribution in [-0.2, 0) is 0 Å². The molecule has 0 aromatic heterocycles. The van der Waals surface area contributed by atoms with Crippen molar-refractivity contribution in [3.8, 4) is 5.75 Å². The first-order valence-corrected chi connectivity index (χ1v) is 6.05. The molecule has 1 heterocycles. The highest BCUT2D eigenvalue weighted by atomic mass is 127. The first kappa shape index (κ1) is 10.2. The van der Waals surface area contributed by atoms with Crippen LogP contribution in [0.3, 0.4) is 0 Å². The van der Waals surface area contributed by atoms with Crippen molar-refractivity contribution in [1.82, 2.24) is 5.32 Å². The Hall–Kier alpha value is -0.290. The van der Waals surface area contributed by atoms with Gasteiger partial charge in [0.1, 0.15) is 5.75 Å². The first-order chi connectivity index (χ1) is 6.79. The van der Waals surface area contributed by atoms with E-state index in [4.69, 9.17) is 0 Å². The molecule has 2 N–H and O–H groups in total. The molecule has 1 aromatic carbocycles. The summed E-state index contributed by atoms with van der Waals surface area (Å²) in [4.78, 5) is 0. The minimum atomic E-state index is 0.474. The van der Waals surface area contributed by atoms with Gasteiger partial charge < -0.3 is 10.4 Å². The van der Waals surface area contributed by atoms with Crippen LogP contribution in [-0.4, -0.2) is 18.2 Å². The molecule has 0 amide bonds. The molecule has 1 fully saturated rings. The van der Waals surface area contributed by atoms with Gasteiger partial charge in [0, 0.05) is 12.5 Å². The van der Waals surface area contributed by atoms with E-state index in [0.29, 0.717) is 11.7 Å². The second-order valence-electron chi connectivity index (χ2n) is 3.72. The van der Waals surface area contributed by atoms with Gasteiger partial charge in [-0.15, -0.1) is 0 Å². The smallest absolute Gasteiger partial charge is 0.132 e. The average molecular weight is 303 g/mol. The van der Waals surface area contributed by atoms with Gasteiger partial charge in [-0.2, -0.15) is 0 Å². The largest absolute Gasteiger partial charge is 0.507 e. The van der Waals surface area contributed by atoms with Gasteiger partial charge >= 0.3 is 0 Å². The number of para-hydroxylation sites is 1. The van der Waals surface area contributed by atoms with Crippen LogP contribution >= 0.6 is 22.6 Å². The van der Waals surface area contributed by atoms with Crippen molar-refractivity contribution >= 4 is 22.6 Å². The van der Waals surface area contributed by atoms with Gasteiger partial charge in [0.05, 0.1) is 3.57 Å². The third-order valence-corrected chi connectivity index (χ3v) is 3.63. The molecule has 0 aliphatic carbocycles. The molecule has 0 radical (unpaired) electrons. The fourth-order valence-electron chi connectivity index (χ4n) is 1.98. The van der Waals surface area contributed by atoms with Gasteiger partial charge in [-0.05, 0) is 53.6 Å². The van der Waals surface area contributed by atoms with E-state index < -0.39 is 0 Å².